The van der Waals surface area contributed by atoms with Crippen LogP contribution in [0.25, 0.3) is 0 Å². The molecule has 1 unspecified atom stereocenters. The third-order valence-electron chi connectivity index (χ3n) is 4.15. The maximum absolute atomic E-state index is 11.9. The maximum Gasteiger partial charge on any atom is 0.269 e. The summed E-state index contributed by atoms with van der Waals surface area (Å²) < 4.78 is 0. The van der Waals surface area contributed by atoms with E-state index < -0.39 is 4.92 Å². The molecule has 0 saturated carbocycles. The van der Waals surface area contributed by atoms with E-state index in [1.807, 2.05) is 0 Å². The molecule has 0 aliphatic carbocycles. The van der Waals surface area contributed by atoms with Gasteiger partial charge in [-0.05, 0) is 37.1 Å². The third kappa shape index (κ3) is 5.46. The zero-order valence-corrected chi connectivity index (χ0v) is 14.0. The zero-order valence-electron chi connectivity index (χ0n) is 13.2. The molecule has 3 N–H and O–H groups in total. The number of anilines is 1. The van der Waals surface area contributed by atoms with Crippen molar-refractivity contribution in [2.24, 2.45) is 11.1 Å². The Bertz CT molecular complexity index is 552. The first-order valence-corrected chi connectivity index (χ1v) is 7.39. The molecule has 7 nitrogen and oxygen atoms in total. The molecular weight excluding hydrogens is 320 g/mol. The lowest BCUT2D eigenvalue weighted by Crippen LogP contribution is -2.32. The van der Waals surface area contributed by atoms with Crippen molar-refractivity contribution in [2.45, 2.75) is 19.8 Å². The monoisotopic (exact) mass is 342 g/mol. The lowest BCUT2D eigenvalue weighted by molar-refractivity contribution is -0.384. The van der Waals surface area contributed by atoms with Crippen LogP contribution in [0.3, 0.4) is 0 Å². The minimum atomic E-state index is -0.465. The molecule has 1 fully saturated rings. The number of rotatable bonds is 6. The van der Waals surface area contributed by atoms with E-state index in [1.165, 1.54) is 24.3 Å². The number of amides is 1. The van der Waals surface area contributed by atoms with Gasteiger partial charge in [0.25, 0.3) is 5.69 Å². The lowest BCUT2D eigenvalue weighted by Gasteiger charge is -2.22. The van der Waals surface area contributed by atoms with E-state index in [0.717, 1.165) is 19.5 Å². The maximum atomic E-state index is 11.9. The summed E-state index contributed by atoms with van der Waals surface area (Å²) in [7, 11) is 0. The van der Waals surface area contributed by atoms with Crippen molar-refractivity contribution < 1.29 is 9.72 Å². The molecule has 0 bridgehead atoms. The fourth-order valence-electron chi connectivity index (χ4n) is 2.63. The molecule has 1 atom stereocenters. The van der Waals surface area contributed by atoms with Gasteiger partial charge in [0.1, 0.15) is 0 Å². The van der Waals surface area contributed by atoms with Crippen molar-refractivity contribution in [1.82, 2.24) is 4.90 Å². The highest BCUT2D eigenvalue weighted by atomic mass is 35.5. The van der Waals surface area contributed by atoms with Gasteiger partial charge in [-0.2, -0.15) is 0 Å². The number of carbonyl (C=O) groups is 1. The molecule has 1 aromatic rings. The fraction of sp³-hybridized carbons (Fsp3) is 0.533. The smallest absolute Gasteiger partial charge is 0.269 e. The van der Waals surface area contributed by atoms with Crippen molar-refractivity contribution in [3.05, 3.63) is 34.4 Å². The van der Waals surface area contributed by atoms with Crippen LogP contribution in [0.4, 0.5) is 11.4 Å². The van der Waals surface area contributed by atoms with Crippen LogP contribution in [0.1, 0.15) is 19.8 Å². The molecule has 1 amide bonds. The average molecular weight is 343 g/mol. The number of carbonyl (C=O) groups excluding carboxylic acids is 1. The number of hydrogen-bond donors (Lipinski definition) is 2. The number of nitrogens with two attached hydrogens (primary N) is 1. The predicted molar refractivity (Wildman–Crippen MR) is 91.8 cm³/mol. The SMILES string of the molecule is CC1(CN)CCN(CCC(=O)Nc2ccc([N+](=O)[O-])cc2)C1.Cl. The highest BCUT2D eigenvalue weighted by molar-refractivity contribution is 5.90. The molecule has 1 aliphatic heterocycles. The molecule has 1 heterocycles. The number of nitrogens with zero attached hydrogens (tertiary/aromatic N) is 2. The quantitative estimate of drug-likeness (QED) is 0.608. The predicted octanol–water partition coefficient (Wildman–Crippen LogP) is 2.02. The van der Waals surface area contributed by atoms with Crippen LogP contribution >= 0.6 is 12.4 Å². The Hall–Kier alpha value is -1.70. The second-order valence-electron chi connectivity index (χ2n) is 6.14. The van der Waals surface area contributed by atoms with Gasteiger partial charge in [0, 0.05) is 37.3 Å². The summed E-state index contributed by atoms with van der Waals surface area (Å²) in [6.07, 6.45) is 1.46. The van der Waals surface area contributed by atoms with Gasteiger partial charge in [0.05, 0.1) is 4.92 Å². The topological polar surface area (TPSA) is 102 Å². The van der Waals surface area contributed by atoms with Crippen molar-refractivity contribution in [2.75, 3.05) is 31.5 Å². The Labute approximate surface area is 141 Å². The number of nitro benzene ring substituents is 1. The molecule has 0 aromatic heterocycles. The average Bonchev–Trinajstić information content (AvgIpc) is 2.88. The summed E-state index contributed by atoms with van der Waals surface area (Å²) in [6.45, 7) is 5.43. The van der Waals surface area contributed by atoms with Gasteiger partial charge in [-0.3, -0.25) is 14.9 Å². The minimum Gasteiger partial charge on any atom is -0.330 e. The minimum absolute atomic E-state index is 0. The Morgan fingerprint density at radius 3 is 2.61 bits per heavy atom. The molecule has 0 spiro atoms. The molecule has 23 heavy (non-hydrogen) atoms. The van der Waals surface area contributed by atoms with Crippen LogP contribution < -0.4 is 11.1 Å². The number of hydrogen-bond acceptors (Lipinski definition) is 5. The summed E-state index contributed by atoms with van der Waals surface area (Å²) in [6, 6.07) is 5.83. The van der Waals surface area contributed by atoms with Gasteiger partial charge in [-0.15, -0.1) is 12.4 Å². The Morgan fingerprint density at radius 2 is 2.09 bits per heavy atom. The first kappa shape index (κ1) is 19.3. The van der Waals surface area contributed by atoms with Crippen LogP contribution in [0.2, 0.25) is 0 Å². The van der Waals surface area contributed by atoms with Crippen molar-refractivity contribution >= 4 is 29.7 Å². The van der Waals surface area contributed by atoms with Crippen molar-refractivity contribution in [3.63, 3.8) is 0 Å². The molecule has 128 valence electrons. The van der Waals surface area contributed by atoms with E-state index >= 15 is 0 Å². The molecule has 1 aromatic carbocycles. The van der Waals surface area contributed by atoms with Gasteiger partial charge >= 0.3 is 0 Å². The van der Waals surface area contributed by atoms with E-state index in [-0.39, 0.29) is 29.4 Å². The highest BCUT2D eigenvalue weighted by Gasteiger charge is 2.32. The van der Waals surface area contributed by atoms with Crippen LogP contribution in [0.5, 0.6) is 0 Å². The molecule has 0 radical (unpaired) electrons. The van der Waals surface area contributed by atoms with Gasteiger partial charge in [-0.1, -0.05) is 6.92 Å². The van der Waals surface area contributed by atoms with E-state index in [1.54, 1.807) is 0 Å². The normalized spacial score (nSPS) is 20.8. The van der Waals surface area contributed by atoms with Crippen LogP contribution in [-0.4, -0.2) is 41.9 Å². The Kier molecular flexibility index (Phi) is 6.93. The zero-order chi connectivity index (χ0) is 16.2. The molecule has 1 saturated heterocycles. The van der Waals surface area contributed by atoms with E-state index in [2.05, 4.69) is 17.1 Å². The van der Waals surface area contributed by atoms with Crippen molar-refractivity contribution in [1.29, 1.82) is 0 Å². The third-order valence-corrected chi connectivity index (χ3v) is 4.15. The molecule has 2 rings (SSSR count). The van der Waals surface area contributed by atoms with Crippen LogP contribution in [0, 0.1) is 15.5 Å². The largest absolute Gasteiger partial charge is 0.330 e. The molecule has 1 aliphatic rings. The van der Waals surface area contributed by atoms with Crippen molar-refractivity contribution in [3.8, 4) is 0 Å². The van der Waals surface area contributed by atoms with E-state index in [0.29, 0.717) is 25.2 Å². The lowest BCUT2D eigenvalue weighted by atomic mass is 9.90. The summed E-state index contributed by atoms with van der Waals surface area (Å²) >= 11 is 0. The first-order valence-electron chi connectivity index (χ1n) is 7.39. The standard InChI is InChI=1S/C15H22N4O3.ClH/c1-15(10-16)7-9-18(11-15)8-6-14(20)17-12-2-4-13(5-3-12)19(21)22;/h2-5H,6-11,16H2,1H3,(H,17,20);1H. The van der Waals surface area contributed by atoms with Crippen LogP contribution in [-0.2, 0) is 4.79 Å². The Balaban J connectivity index is 0.00000264. The molecule has 8 heteroatoms. The van der Waals surface area contributed by atoms with Gasteiger partial charge in [-0.25, -0.2) is 0 Å². The number of benzene rings is 1. The number of halogens is 1. The molecular formula is C15H23ClN4O3. The number of nitrogens with one attached hydrogen (secondary N) is 1. The fourth-order valence-corrected chi connectivity index (χ4v) is 2.63. The summed E-state index contributed by atoms with van der Waals surface area (Å²) in [5.74, 6) is -0.0878. The van der Waals surface area contributed by atoms with Crippen LogP contribution in [0.15, 0.2) is 24.3 Å². The summed E-state index contributed by atoms with van der Waals surface area (Å²) in [4.78, 5) is 24.3. The van der Waals surface area contributed by atoms with E-state index in [4.69, 9.17) is 5.73 Å². The number of likely N-dealkylation sites (tertiary alicyclic amines) is 1. The summed E-state index contributed by atoms with van der Waals surface area (Å²) in [5.41, 5.74) is 6.51. The Morgan fingerprint density at radius 1 is 1.43 bits per heavy atom. The van der Waals surface area contributed by atoms with Gasteiger partial charge in [0.15, 0.2) is 0 Å². The highest BCUT2D eigenvalue weighted by Crippen LogP contribution is 2.28. The summed E-state index contributed by atoms with van der Waals surface area (Å²) in [5, 5.41) is 13.3. The first-order chi connectivity index (χ1) is 10.4. The van der Waals surface area contributed by atoms with E-state index in [9.17, 15) is 14.9 Å². The number of non-ortho nitro benzene ring substituents is 1. The van der Waals surface area contributed by atoms with Gasteiger partial charge in [0.2, 0.25) is 5.91 Å². The van der Waals surface area contributed by atoms with Gasteiger partial charge < -0.3 is 16.0 Å². The number of nitro groups is 1. The second kappa shape index (κ2) is 8.24. The second-order valence-corrected chi connectivity index (χ2v) is 6.14.